The number of benzene rings is 1. The highest BCUT2D eigenvalue weighted by molar-refractivity contribution is 7.09. The summed E-state index contributed by atoms with van der Waals surface area (Å²) in [5, 5.41) is 5.85. The van der Waals surface area contributed by atoms with E-state index in [0.29, 0.717) is 26.2 Å². The number of nitrogens with one attached hydrogen (secondary N) is 1. The molecule has 3 rings (SSSR count). The minimum atomic E-state index is -0.479. The molecule has 1 saturated heterocycles. The van der Waals surface area contributed by atoms with Crippen LogP contribution in [0.3, 0.4) is 0 Å². The van der Waals surface area contributed by atoms with Crippen molar-refractivity contribution in [3.8, 4) is 5.75 Å². The average molecular weight is 431 g/mol. The molecule has 0 bridgehead atoms. The van der Waals surface area contributed by atoms with Gasteiger partial charge in [0.2, 0.25) is 11.8 Å². The normalized spacial score (nSPS) is 17.0. The number of aryl methyl sites for hydroxylation is 1. The van der Waals surface area contributed by atoms with E-state index < -0.39 is 6.04 Å². The summed E-state index contributed by atoms with van der Waals surface area (Å²) in [6.07, 6.45) is 0.152. The van der Waals surface area contributed by atoms with E-state index in [2.05, 4.69) is 22.1 Å². The van der Waals surface area contributed by atoms with E-state index in [4.69, 9.17) is 4.74 Å². The lowest BCUT2D eigenvalue weighted by Crippen LogP contribution is -2.56. The van der Waals surface area contributed by atoms with Crippen molar-refractivity contribution < 1.29 is 14.3 Å². The molecule has 1 aliphatic heterocycles. The first kappa shape index (κ1) is 22.2. The summed E-state index contributed by atoms with van der Waals surface area (Å²) in [5.74, 6) is 0.712. The maximum Gasteiger partial charge on any atom is 0.237 e. The van der Waals surface area contributed by atoms with Gasteiger partial charge in [-0.05, 0) is 43.5 Å². The third-order valence-electron chi connectivity index (χ3n) is 5.74. The second-order valence-corrected chi connectivity index (χ2v) is 8.83. The van der Waals surface area contributed by atoms with Crippen LogP contribution in [0.5, 0.6) is 5.75 Å². The Hall–Kier alpha value is -2.45. The van der Waals surface area contributed by atoms with Gasteiger partial charge in [-0.25, -0.2) is 4.98 Å². The van der Waals surface area contributed by atoms with Gasteiger partial charge >= 0.3 is 0 Å². The van der Waals surface area contributed by atoms with Crippen LogP contribution in [0, 0.1) is 20.8 Å². The summed E-state index contributed by atoms with van der Waals surface area (Å²) in [6.45, 7) is 8.43. The van der Waals surface area contributed by atoms with Crippen molar-refractivity contribution in [1.82, 2.24) is 20.1 Å². The summed E-state index contributed by atoms with van der Waals surface area (Å²) in [6, 6.07) is 3.53. The molecule has 1 fully saturated rings. The van der Waals surface area contributed by atoms with E-state index >= 15 is 0 Å². The minimum Gasteiger partial charge on any atom is -0.496 e. The standard InChI is InChI=1S/C22H30N4O3S/c1-14-15(2)20(29-5)7-6-17(14)11-26-9-8-23-22(28)19(26)10-21(27)25(4)12-18-13-30-16(3)24-18/h6-7,13,19H,8-12H2,1-5H3,(H,23,28)/t19-/m0/s1. The number of piperazine rings is 1. The number of ether oxygens (including phenoxy) is 1. The largest absolute Gasteiger partial charge is 0.496 e. The van der Waals surface area contributed by atoms with Gasteiger partial charge in [-0.3, -0.25) is 14.5 Å². The van der Waals surface area contributed by atoms with Gasteiger partial charge in [0, 0.05) is 32.1 Å². The first-order chi connectivity index (χ1) is 14.3. The molecular weight excluding hydrogens is 400 g/mol. The van der Waals surface area contributed by atoms with Crippen molar-refractivity contribution in [2.75, 3.05) is 27.2 Å². The van der Waals surface area contributed by atoms with E-state index in [-0.39, 0.29) is 18.2 Å². The van der Waals surface area contributed by atoms with E-state index in [9.17, 15) is 9.59 Å². The Kier molecular flexibility index (Phi) is 7.10. The summed E-state index contributed by atoms with van der Waals surface area (Å²) >= 11 is 1.57. The highest BCUT2D eigenvalue weighted by Crippen LogP contribution is 2.26. The number of carbonyl (C=O) groups excluding carboxylic acids is 2. The molecule has 1 N–H and O–H groups in total. The van der Waals surface area contributed by atoms with Gasteiger partial charge in [0.15, 0.2) is 0 Å². The van der Waals surface area contributed by atoms with Gasteiger partial charge in [0.1, 0.15) is 5.75 Å². The molecule has 162 valence electrons. The highest BCUT2D eigenvalue weighted by Gasteiger charge is 2.32. The molecule has 0 spiro atoms. The topological polar surface area (TPSA) is 74.8 Å². The zero-order valence-electron chi connectivity index (χ0n) is 18.3. The smallest absolute Gasteiger partial charge is 0.237 e. The monoisotopic (exact) mass is 430 g/mol. The summed E-state index contributed by atoms with van der Waals surface area (Å²) < 4.78 is 5.41. The van der Waals surface area contributed by atoms with Crippen LogP contribution in [0.25, 0.3) is 0 Å². The molecule has 1 aromatic heterocycles. The van der Waals surface area contributed by atoms with Crippen LogP contribution in [0.1, 0.15) is 33.8 Å². The van der Waals surface area contributed by atoms with Gasteiger partial charge in [-0.2, -0.15) is 0 Å². The van der Waals surface area contributed by atoms with Crippen molar-refractivity contribution in [2.24, 2.45) is 0 Å². The van der Waals surface area contributed by atoms with E-state index in [1.54, 1.807) is 30.4 Å². The van der Waals surface area contributed by atoms with Crippen molar-refractivity contribution in [3.63, 3.8) is 0 Å². The van der Waals surface area contributed by atoms with Gasteiger partial charge in [-0.1, -0.05) is 6.07 Å². The fourth-order valence-corrected chi connectivity index (χ4v) is 4.37. The maximum absolute atomic E-state index is 12.8. The molecule has 30 heavy (non-hydrogen) atoms. The van der Waals surface area contributed by atoms with Crippen LogP contribution < -0.4 is 10.1 Å². The number of methoxy groups -OCH3 is 1. The SMILES string of the molecule is COc1ccc(CN2CCNC(=O)[C@@H]2CC(=O)N(C)Cc2csc(C)n2)c(C)c1C. The zero-order valence-corrected chi connectivity index (χ0v) is 19.1. The average Bonchev–Trinajstić information content (AvgIpc) is 3.12. The van der Waals surface area contributed by atoms with Crippen LogP contribution in [0.15, 0.2) is 17.5 Å². The molecule has 0 aliphatic carbocycles. The van der Waals surface area contributed by atoms with E-state index in [0.717, 1.165) is 33.1 Å². The quantitative estimate of drug-likeness (QED) is 0.730. The lowest BCUT2D eigenvalue weighted by molar-refractivity contribution is -0.138. The molecule has 0 unspecified atom stereocenters. The Morgan fingerprint density at radius 3 is 2.77 bits per heavy atom. The second-order valence-electron chi connectivity index (χ2n) is 7.77. The Morgan fingerprint density at radius 1 is 1.33 bits per heavy atom. The first-order valence-electron chi connectivity index (χ1n) is 10.1. The Bertz CT molecular complexity index is 927. The van der Waals surface area contributed by atoms with E-state index in [1.165, 1.54) is 0 Å². The highest BCUT2D eigenvalue weighted by atomic mass is 32.1. The molecular formula is C22H30N4O3S. The Morgan fingerprint density at radius 2 is 2.10 bits per heavy atom. The number of thiazole rings is 1. The third kappa shape index (κ3) is 4.99. The molecule has 2 aromatic rings. The van der Waals surface area contributed by atoms with Crippen molar-refractivity contribution in [3.05, 3.63) is 44.9 Å². The number of amides is 2. The van der Waals surface area contributed by atoms with Crippen LogP contribution in [-0.2, 0) is 22.7 Å². The predicted molar refractivity (Wildman–Crippen MR) is 118 cm³/mol. The number of nitrogens with zero attached hydrogens (tertiary/aromatic N) is 3. The molecule has 1 aromatic carbocycles. The summed E-state index contributed by atoms with van der Waals surface area (Å²) in [4.78, 5) is 33.6. The number of hydrogen-bond donors (Lipinski definition) is 1. The van der Waals surface area contributed by atoms with Crippen molar-refractivity contribution in [2.45, 2.75) is 46.3 Å². The molecule has 1 aliphatic rings. The number of aromatic nitrogens is 1. The second kappa shape index (κ2) is 9.57. The molecule has 2 heterocycles. The van der Waals surface area contributed by atoms with Crippen molar-refractivity contribution >= 4 is 23.2 Å². The Balaban J connectivity index is 1.71. The van der Waals surface area contributed by atoms with Crippen LogP contribution in [0.2, 0.25) is 0 Å². The van der Waals surface area contributed by atoms with Crippen LogP contribution >= 0.6 is 11.3 Å². The zero-order chi connectivity index (χ0) is 21.8. The van der Waals surface area contributed by atoms with E-state index in [1.807, 2.05) is 31.4 Å². The number of hydrogen-bond acceptors (Lipinski definition) is 6. The lowest BCUT2D eigenvalue weighted by atomic mass is 10.00. The number of rotatable bonds is 7. The first-order valence-corrected chi connectivity index (χ1v) is 11.0. The summed E-state index contributed by atoms with van der Waals surface area (Å²) in [7, 11) is 3.43. The van der Waals surface area contributed by atoms with Gasteiger partial charge < -0.3 is 15.0 Å². The van der Waals surface area contributed by atoms with Crippen molar-refractivity contribution in [1.29, 1.82) is 0 Å². The fourth-order valence-electron chi connectivity index (χ4n) is 3.77. The molecule has 7 nitrogen and oxygen atoms in total. The van der Waals surface area contributed by atoms with Gasteiger partial charge in [-0.15, -0.1) is 11.3 Å². The van der Waals surface area contributed by atoms with Crippen LogP contribution in [0.4, 0.5) is 0 Å². The molecule has 0 radical (unpaired) electrons. The third-order valence-corrected chi connectivity index (χ3v) is 6.57. The fraction of sp³-hybridized carbons (Fsp3) is 0.500. The van der Waals surface area contributed by atoms with Gasteiger partial charge in [0.25, 0.3) is 0 Å². The van der Waals surface area contributed by atoms with Gasteiger partial charge in [0.05, 0.1) is 36.8 Å². The minimum absolute atomic E-state index is 0.0599. The lowest BCUT2D eigenvalue weighted by Gasteiger charge is -2.35. The maximum atomic E-state index is 12.8. The molecule has 0 saturated carbocycles. The molecule has 8 heteroatoms. The summed E-state index contributed by atoms with van der Waals surface area (Å²) in [5.41, 5.74) is 4.28. The Labute approximate surface area is 182 Å². The van der Waals surface area contributed by atoms with Crippen LogP contribution in [-0.4, -0.2) is 59.9 Å². The number of carbonyl (C=O) groups is 2. The molecule has 2 amide bonds. The molecule has 1 atom stereocenters. The predicted octanol–water partition coefficient (Wildman–Crippen LogP) is 2.43.